The van der Waals surface area contributed by atoms with Crippen molar-refractivity contribution in [2.45, 2.75) is 235 Å². The van der Waals surface area contributed by atoms with E-state index in [1.165, 1.54) is 70.6 Å². The highest BCUT2D eigenvalue weighted by molar-refractivity contribution is 5.69. The Kier molecular flexibility index (Phi) is 34.0. The number of carbonyl (C=O) groups excluding carboxylic acids is 1. The summed E-state index contributed by atoms with van der Waals surface area (Å²) in [5, 5.41) is 72.0. The fraction of sp³-hybridized carbons (Fsp3) is 0.857. The smallest absolute Gasteiger partial charge is 0.306 e. The molecule has 0 saturated carbocycles. The van der Waals surface area contributed by atoms with Crippen molar-refractivity contribution in [3.63, 3.8) is 0 Å². The van der Waals surface area contributed by atoms with E-state index in [0.29, 0.717) is 13.0 Å². The van der Waals surface area contributed by atoms with Crippen molar-refractivity contribution < 1.29 is 69.0 Å². The van der Waals surface area contributed by atoms with Gasteiger partial charge in [-0.3, -0.25) is 4.79 Å². The number of carbonyl (C=O) groups is 1. The molecule has 2 aliphatic heterocycles. The van der Waals surface area contributed by atoms with Gasteiger partial charge in [-0.05, 0) is 64.2 Å². The Morgan fingerprint density at radius 3 is 1.59 bits per heavy atom. The molecule has 2 fully saturated rings. The van der Waals surface area contributed by atoms with E-state index in [-0.39, 0.29) is 19.6 Å². The van der Waals surface area contributed by atoms with Crippen LogP contribution in [0, 0.1) is 0 Å². The maximum atomic E-state index is 12.9. The van der Waals surface area contributed by atoms with Crippen LogP contribution < -0.4 is 0 Å². The Hall–Kier alpha value is -1.79. The van der Waals surface area contributed by atoms with Gasteiger partial charge in [0, 0.05) is 13.0 Å². The lowest BCUT2D eigenvalue weighted by Gasteiger charge is -2.42. The fourth-order valence-electron chi connectivity index (χ4n) is 7.53. The van der Waals surface area contributed by atoms with E-state index in [2.05, 4.69) is 50.3 Å². The van der Waals surface area contributed by atoms with E-state index < -0.39 is 86.7 Å². The maximum Gasteiger partial charge on any atom is 0.306 e. The van der Waals surface area contributed by atoms with Gasteiger partial charge in [0.1, 0.15) is 54.9 Å². The highest BCUT2D eigenvalue weighted by atomic mass is 16.7. The quantitative estimate of drug-likeness (QED) is 0.0197. The summed E-state index contributed by atoms with van der Waals surface area (Å²) >= 11 is 0. The summed E-state index contributed by atoms with van der Waals surface area (Å²) in [6.45, 7) is 3.59. The van der Waals surface area contributed by atoms with Crippen molar-refractivity contribution in [2.24, 2.45) is 0 Å². The van der Waals surface area contributed by atoms with Crippen LogP contribution in [0.4, 0.5) is 0 Å². The van der Waals surface area contributed by atoms with Crippen LogP contribution in [0.15, 0.2) is 36.5 Å². The van der Waals surface area contributed by atoms with E-state index in [9.17, 15) is 40.5 Å². The van der Waals surface area contributed by atoms with Crippen LogP contribution in [0.25, 0.3) is 0 Å². The third-order valence-corrected chi connectivity index (χ3v) is 11.6. The number of ether oxygens (including phenoxy) is 6. The molecule has 2 aliphatic rings. The van der Waals surface area contributed by atoms with Gasteiger partial charge in [0.2, 0.25) is 0 Å². The number of allylic oxidation sites excluding steroid dienone is 6. The standard InChI is InChI=1S/C49H88O14/c1-3-5-7-9-11-13-15-16-17-18-19-20-21-23-25-27-29-31-33-58-35-38(61-41(51)32-30-28-26-24-22-14-12-10-8-6-4-2)36-59-48-47(57)45(55)43(53)40(63-48)37-60-49-46(56)44(54)42(52)39(34-50)62-49/h10-13,16-17,38-40,42-50,52-57H,3-9,14-15,18-37H2,1-2H3/b12-10-,13-11-,17-16-. The van der Waals surface area contributed by atoms with Crippen LogP contribution in [0.3, 0.4) is 0 Å². The zero-order valence-electron chi connectivity index (χ0n) is 38.8. The van der Waals surface area contributed by atoms with Crippen LogP contribution in [0.1, 0.15) is 168 Å². The summed E-state index contributed by atoms with van der Waals surface area (Å²) in [6, 6.07) is 0. The molecule has 14 heteroatoms. The summed E-state index contributed by atoms with van der Waals surface area (Å²) in [4.78, 5) is 12.9. The third-order valence-electron chi connectivity index (χ3n) is 11.6. The van der Waals surface area contributed by atoms with Crippen molar-refractivity contribution in [3.05, 3.63) is 36.5 Å². The molecule has 7 N–H and O–H groups in total. The Labute approximate surface area is 379 Å². The minimum atomic E-state index is -1.71. The van der Waals surface area contributed by atoms with E-state index in [1.54, 1.807) is 0 Å². The molecular formula is C49H88O14. The molecule has 63 heavy (non-hydrogen) atoms. The highest BCUT2D eigenvalue weighted by Crippen LogP contribution is 2.26. The Balaban J connectivity index is 1.77. The number of aliphatic hydroxyl groups is 7. The molecule has 0 radical (unpaired) electrons. The van der Waals surface area contributed by atoms with Crippen LogP contribution in [-0.2, 0) is 33.2 Å². The van der Waals surface area contributed by atoms with Crippen molar-refractivity contribution >= 4 is 5.97 Å². The summed E-state index contributed by atoms with van der Waals surface area (Å²) in [5.41, 5.74) is 0. The van der Waals surface area contributed by atoms with Crippen LogP contribution in [0.2, 0.25) is 0 Å². The first kappa shape index (κ1) is 57.3. The minimum Gasteiger partial charge on any atom is -0.457 e. The van der Waals surface area contributed by atoms with E-state index >= 15 is 0 Å². The Morgan fingerprint density at radius 1 is 0.524 bits per heavy atom. The van der Waals surface area contributed by atoms with Gasteiger partial charge in [-0.2, -0.15) is 0 Å². The zero-order chi connectivity index (χ0) is 45.9. The number of rotatable bonds is 38. The molecule has 0 aromatic heterocycles. The average Bonchev–Trinajstić information content (AvgIpc) is 3.28. The molecule has 11 atom stereocenters. The fourth-order valence-corrected chi connectivity index (χ4v) is 7.53. The highest BCUT2D eigenvalue weighted by Gasteiger charge is 2.47. The van der Waals surface area contributed by atoms with Crippen LogP contribution in [0.5, 0.6) is 0 Å². The zero-order valence-corrected chi connectivity index (χ0v) is 38.8. The number of esters is 1. The normalized spacial score (nSPS) is 27.3. The second-order valence-corrected chi connectivity index (χ2v) is 17.3. The summed E-state index contributed by atoms with van der Waals surface area (Å²) in [6.07, 6.45) is 23.5. The molecule has 368 valence electrons. The second kappa shape index (κ2) is 37.3. The van der Waals surface area contributed by atoms with Gasteiger partial charge in [-0.25, -0.2) is 0 Å². The molecular weight excluding hydrogens is 813 g/mol. The van der Waals surface area contributed by atoms with Crippen LogP contribution >= 0.6 is 0 Å². The molecule has 2 saturated heterocycles. The van der Waals surface area contributed by atoms with E-state index in [1.807, 2.05) is 0 Å². The Morgan fingerprint density at radius 2 is 1.00 bits per heavy atom. The van der Waals surface area contributed by atoms with Crippen LogP contribution in [-0.4, -0.2) is 142 Å². The summed E-state index contributed by atoms with van der Waals surface area (Å²) < 4.78 is 34.2. The third kappa shape index (κ3) is 25.6. The molecule has 11 unspecified atom stereocenters. The summed E-state index contributed by atoms with van der Waals surface area (Å²) in [5.74, 6) is -0.390. The first-order valence-corrected chi connectivity index (χ1v) is 24.6. The van der Waals surface area contributed by atoms with Gasteiger partial charge in [0.15, 0.2) is 12.6 Å². The minimum absolute atomic E-state index is 0.0544. The van der Waals surface area contributed by atoms with Gasteiger partial charge < -0.3 is 64.2 Å². The molecule has 2 heterocycles. The Bertz CT molecular complexity index is 1180. The van der Waals surface area contributed by atoms with Gasteiger partial charge in [-0.1, -0.05) is 134 Å². The number of hydrogen-bond donors (Lipinski definition) is 7. The van der Waals surface area contributed by atoms with Gasteiger partial charge in [0.25, 0.3) is 0 Å². The number of hydrogen-bond acceptors (Lipinski definition) is 14. The van der Waals surface area contributed by atoms with Crippen molar-refractivity contribution in [1.29, 1.82) is 0 Å². The van der Waals surface area contributed by atoms with Gasteiger partial charge >= 0.3 is 5.97 Å². The first-order valence-electron chi connectivity index (χ1n) is 24.6. The molecule has 0 bridgehead atoms. The predicted octanol–water partition coefficient (Wildman–Crippen LogP) is 6.63. The molecule has 0 aromatic rings. The average molecular weight is 901 g/mol. The molecule has 0 aromatic carbocycles. The largest absolute Gasteiger partial charge is 0.457 e. The maximum absolute atomic E-state index is 12.9. The van der Waals surface area contributed by atoms with Crippen molar-refractivity contribution in [1.82, 2.24) is 0 Å². The van der Waals surface area contributed by atoms with Gasteiger partial charge in [-0.15, -0.1) is 0 Å². The molecule has 0 amide bonds. The SMILES string of the molecule is CCCC/C=C\CCCCCCCC(=O)OC(COCCCCCCCCCC/C=C\C/C=C\CCCCC)COC1OC(COC2OC(CO)C(O)C(O)C2O)C(O)C(O)C1O. The van der Waals surface area contributed by atoms with Gasteiger partial charge in [0.05, 0.1) is 26.4 Å². The lowest BCUT2D eigenvalue weighted by atomic mass is 9.98. The number of unbranched alkanes of at least 4 members (excludes halogenated alkanes) is 18. The molecule has 14 nitrogen and oxygen atoms in total. The monoisotopic (exact) mass is 901 g/mol. The van der Waals surface area contributed by atoms with E-state index in [0.717, 1.165) is 70.6 Å². The van der Waals surface area contributed by atoms with Crippen molar-refractivity contribution in [3.8, 4) is 0 Å². The number of aliphatic hydroxyl groups excluding tert-OH is 7. The summed E-state index contributed by atoms with van der Waals surface area (Å²) in [7, 11) is 0. The lowest BCUT2D eigenvalue weighted by molar-refractivity contribution is -0.332. The molecule has 0 aliphatic carbocycles. The molecule has 2 rings (SSSR count). The predicted molar refractivity (Wildman–Crippen MR) is 243 cm³/mol. The molecule has 0 spiro atoms. The lowest BCUT2D eigenvalue weighted by Crippen LogP contribution is -2.61. The van der Waals surface area contributed by atoms with E-state index in [4.69, 9.17) is 28.4 Å². The first-order chi connectivity index (χ1) is 30.6. The topological polar surface area (TPSA) is 214 Å². The van der Waals surface area contributed by atoms with Crippen molar-refractivity contribution in [2.75, 3.05) is 33.0 Å². The second-order valence-electron chi connectivity index (χ2n) is 17.3.